The van der Waals surface area contributed by atoms with Gasteiger partial charge in [-0.2, -0.15) is 5.26 Å². The maximum atomic E-state index is 8.77. The molecule has 124 valence electrons. The van der Waals surface area contributed by atoms with Crippen molar-refractivity contribution in [3.05, 3.63) is 59.7 Å². The molecule has 0 amide bonds. The van der Waals surface area contributed by atoms with Gasteiger partial charge in [0.2, 0.25) is 0 Å². The van der Waals surface area contributed by atoms with E-state index in [0.29, 0.717) is 12.2 Å². The quantitative estimate of drug-likeness (QED) is 0.554. The minimum absolute atomic E-state index is 0.269. The first-order valence-electron chi connectivity index (χ1n) is 8.20. The zero-order valence-corrected chi connectivity index (χ0v) is 13.7. The molecule has 0 atom stereocenters. The lowest BCUT2D eigenvalue weighted by Crippen LogP contribution is -1.97. The Bertz CT molecular complexity index is 670. The summed E-state index contributed by atoms with van der Waals surface area (Å²) >= 11 is 0. The molecule has 0 saturated carbocycles. The molecule has 0 unspecified atom stereocenters. The lowest BCUT2D eigenvalue weighted by molar-refractivity contribution is 0.273. The predicted molar refractivity (Wildman–Crippen MR) is 95.9 cm³/mol. The summed E-state index contributed by atoms with van der Waals surface area (Å²) in [5.74, 6) is 0.842. The van der Waals surface area contributed by atoms with Crippen molar-refractivity contribution in [1.29, 1.82) is 5.26 Å². The number of ether oxygens (including phenoxy) is 1. The zero-order valence-electron chi connectivity index (χ0n) is 13.7. The topological polar surface area (TPSA) is 65.6 Å². The zero-order chi connectivity index (χ0) is 17.0. The van der Waals surface area contributed by atoms with Gasteiger partial charge < -0.3 is 9.84 Å². The summed E-state index contributed by atoms with van der Waals surface area (Å²) in [6.45, 7) is 0.963. The number of nitrogens with zero attached hydrogens (tertiary/aromatic N) is 2. The maximum absolute atomic E-state index is 8.77. The van der Waals surface area contributed by atoms with Crippen LogP contribution >= 0.6 is 0 Å². The molecule has 2 aromatic carbocycles. The molecule has 0 fully saturated rings. The second-order valence-corrected chi connectivity index (χ2v) is 5.47. The van der Waals surface area contributed by atoms with E-state index in [4.69, 9.17) is 15.1 Å². The summed E-state index contributed by atoms with van der Waals surface area (Å²) in [7, 11) is 0. The van der Waals surface area contributed by atoms with Crippen molar-refractivity contribution in [2.24, 2.45) is 4.99 Å². The first kappa shape index (κ1) is 17.7. The van der Waals surface area contributed by atoms with Gasteiger partial charge in [-0.25, -0.2) is 0 Å². The smallest absolute Gasteiger partial charge is 0.119 e. The minimum atomic E-state index is 0.269. The number of aliphatic hydroxyl groups excluding tert-OH is 1. The van der Waals surface area contributed by atoms with Crippen LogP contribution in [0.5, 0.6) is 5.75 Å². The Morgan fingerprint density at radius 3 is 2.33 bits per heavy atom. The van der Waals surface area contributed by atoms with Crippen LogP contribution in [0, 0.1) is 11.3 Å². The van der Waals surface area contributed by atoms with Gasteiger partial charge in [-0.3, -0.25) is 4.99 Å². The van der Waals surface area contributed by atoms with E-state index < -0.39 is 0 Å². The molecule has 0 aliphatic carbocycles. The van der Waals surface area contributed by atoms with E-state index in [9.17, 15) is 0 Å². The molecule has 0 aliphatic heterocycles. The van der Waals surface area contributed by atoms with Crippen LogP contribution in [0.1, 0.15) is 36.8 Å². The van der Waals surface area contributed by atoms with Crippen molar-refractivity contribution in [3.63, 3.8) is 0 Å². The number of benzene rings is 2. The Morgan fingerprint density at radius 2 is 1.67 bits per heavy atom. The Morgan fingerprint density at radius 1 is 0.958 bits per heavy atom. The van der Waals surface area contributed by atoms with Crippen LogP contribution in [0.25, 0.3) is 0 Å². The van der Waals surface area contributed by atoms with Crippen LogP contribution in [-0.2, 0) is 0 Å². The van der Waals surface area contributed by atoms with E-state index >= 15 is 0 Å². The van der Waals surface area contributed by atoms with Crippen molar-refractivity contribution >= 4 is 11.9 Å². The van der Waals surface area contributed by atoms with Crippen molar-refractivity contribution < 1.29 is 9.84 Å². The Kier molecular flexibility index (Phi) is 7.52. The molecular weight excluding hydrogens is 300 g/mol. The summed E-state index contributed by atoms with van der Waals surface area (Å²) in [6, 6.07) is 17.1. The van der Waals surface area contributed by atoms with E-state index in [0.717, 1.165) is 42.7 Å². The fraction of sp³-hybridized carbons (Fsp3) is 0.300. The molecule has 4 heteroatoms. The molecule has 0 aliphatic rings. The van der Waals surface area contributed by atoms with Crippen LogP contribution in [0.4, 0.5) is 5.69 Å². The number of rotatable bonds is 9. The Labute approximate surface area is 143 Å². The standard InChI is InChI=1S/C20H22N2O2/c21-15-17-5-7-18(8-6-17)16-22-19-9-11-20(12-10-19)24-14-4-2-1-3-13-23/h5-12,16,23H,1-4,13-14H2. The Hall–Kier alpha value is -2.64. The lowest BCUT2D eigenvalue weighted by Gasteiger charge is -2.06. The summed E-state index contributed by atoms with van der Waals surface area (Å²) in [5.41, 5.74) is 2.46. The van der Waals surface area contributed by atoms with E-state index in [1.54, 1.807) is 18.3 Å². The molecule has 0 spiro atoms. The highest BCUT2D eigenvalue weighted by molar-refractivity contribution is 5.82. The third-order valence-corrected chi connectivity index (χ3v) is 3.56. The van der Waals surface area contributed by atoms with Gasteiger partial charge in [0.1, 0.15) is 5.75 Å². The average Bonchev–Trinajstić information content (AvgIpc) is 2.64. The van der Waals surface area contributed by atoms with Crippen LogP contribution < -0.4 is 4.74 Å². The average molecular weight is 322 g/mol. The van der Waals surface area contributed by atoms with Crippen LogP contribution in [0.15, 0.2) is 53.5 Å². The molecular formula is C20H22N2O2. The van der Waals surface area contributed by atoms with E-state index in [-0.39, 0.29) is 6.61 Å². The summed E-state index contributed by atoms with van der Waals surface area (Å²) < 4.78 is 5.68. The molecule has 24 heavy (non-hydrogen) atoms. The highest BCUT2D eigenvalue weighted by Crippen LogP contribution is 2.18. The van der Waals surface area contributed by atoms with Gasteiger partial charge in [-0.05, 0) is 61.2 Å². The van der Waals surface area contributed by atoms with Gasteiger partial charge in [0, 0.05) is 12.8 Å². The maximum Gasteiger partial charge on any atom is 0.119 e. The second kappa shape index (κ2) is 10.2. The third-order valence-electron chi connectivity index (χ3n) is 3.56. The van der Waals surface area contributed by atoms with Crippen molar-refractivity contribution in [1.82, 2.24) is 0 Å². The lowest BCUT2D eigenvalue weighted by atomic mass is 10.2. The number of hydrogen-bond donors (Lipinski definition) is 1. The summed E-state index contributed by atoms with van der Waals surface area (Å²) in [4.78, 5) is 4.42. The monoisotopic (exact) mass is 322 g/mol. The number of hydrogen-bond acceptors (Lipinski definition) is 4. The van der Waals surface area contributed by atoms with Gasteiger partial charge in [0.25, 0.3) is 0 Å². The van der Waals surface area contributed by atoms with Gasteiger partial charge in [-0.1, -0.05) is 18.6 Å². The van der Waals surface area contributed by atoms with Crippen LogP contribution in [0.3, 0.4) is 0 Å². The largest absolute Gasteiger partial charge is 0.494 e. The van der Waals surface area contributed by atoms with Crippen LogP contribution in [0.2, 0.25) is 0 Å². The fourth-order valence-electron chi connectivity index (χ4n) is 2.18. The highest BCUT2D eigenvalue weighted by atomic mass is 16.5. The molecule has 0 radical (unpaired) electrons. The normalized spacial score (nSPS) is 10.7. The van der Waals surface area contributed by atoms with Crippen molar-refractivity contribution in [3.8, 4) is 11.8 Å². The minimum Gasteiger partial charge on any atom is -0.494 e. The third kappa shape index (κ3) is 6.23. The molecule has 2 rings (SSSR count). The first-order valence-corrected chi connectivity index (χ1v) is 8.20. The highest BCUT2D eigenvalue weighted by Gasteiger charge is 1.96. The van der Waals surface area contributed by atoms with Crippen LogP contribution in [-0.4, -0.2) is 24.5 Å². The molecule has 2 aromatic rings. The molecule has 0 heterocycles. The number of nitriles is 1. The number of aliphatic imine (C=N–C) groups is 1. The van der Waals surface area contributed by atoms with Gasteiger partial charge in [-0.15, -0.1) is 0 Å². The summed E-state index contributed by atoms with van der Waals surface area (Å²) in [6.07, 6.45) is 5.76. The fourth-order valence-corrected chi connectivity index (χ4v) is 2.18. The first-order chi connectivity index (χ1) is 11.8. The SMILES string of the molecule is N#Cc1ccc(C=Nc2ccc(OCCCCCCO)cc2)cc1. The Balaban J connectivity index is 1.78. The van der Waals surface area contributed by atoms with E-state index in [2.05, 4.69) is 11.1 Å². The van der Waals surface area contributed by atoms with Gasteiger partial charge in [0.15, 0.2) is 0 Å². The molecule has 0 aromatic heterocycles. The van der Waals surface area contributed by atoms with Gasteiger partial charge in [0.05, 0.1) is 23.9 Å². The van der Waals surface area contributed by atoms with E-state index in [1.165, 1.54) is 0 Å². The number of unbranched alkanes of at least 4 members (excludes halogenated alkanes) is 3. The molecule has 0 bridgehead atoms. The van der Waals surface area contributed by atoms with Crippen molar-refractivity contribution in [2.45, 2.75) is 25.7 Å². The summed E-state index contributed by atoms with van der Waals surface area (Å²) in [5, 5.41) is 17.5. The number of aliphatic hydroxyl groups is 1. The molecule has 0 saturated heterocycles. The molecule has 1 N–H and O–H groups in total. The van der Waals surface area contributed by atoms with E-state index in [1.807, 2.05) is 36.4 Å². The van der Waals surface area contributed by atoms with Crippen molar-refractivity contribution in [2.75, 3.05) is 13.2 Å². The van der Waals surface area contributed by atoms with Gasteiger partial charge >= 0.3 is 0 Å². The second-order valence-electron chi connectivity index (χ2n) is 5.47. The predicted octanol–water partition coefficient (Wildman–Crippen LogP) is 4.24. The molecule has 4 nitrogen and oxygen atoms in total.